The first kappa shape index (κ1) is 81.8. The van der Waals surface area contributed by atoms with Crippen molar-refractivity contribution < 1.29 is 0 Å². The van der Waals surface area contributed by atoms with Gasteiger partial charge < -0.3 is 0 Å². The van der Waals surface area contributed by atoms with E-state index in [1.165, 1.54) is 54.9 Å². The Kier molecular flexibility index (Phi) is 63.7. The number of hydrogen-bond donors (Lipinski definition) is 0. The number of hydrogen-bond acceptors (Lipinski definition) is 0. The minimum atomic E-state index is -1.44. The topological polar surface area (TPSA) is 0 Å². The Balaban J connectivity index is -0.000000145. The highest BCUT2D eigenvalue weighted by Crippen LogP contribution is 2.28. The summed E-state index contributed by atoms with van der Waals surface area (Å²) in [7, 11) is -2.88. The zero-order chi connectivity index (χ0) is 57.7. The highest BCUT2D eigenvalue weighted by molar-refractivity contribution is 6.91. The van der Waals surface area contributed by atoms with Gasteiger partial charge in [0, 0.05) is 0 Å². The summed E-state index contributed by atoms with van der Waals surface area (Å²) in [5.74, 6) is 0. The van der Waals surface area contributed by atoms with Crippen LogP contribution in [-0.4, -0.2) is 16.1 Å². The van der Waals surface area contributed by atoms with Crippen molar-refractivity contribution in [3.63, 3.8) is 0 Å². The predicted octanol–water partition coefficient (Wildman–Crippen LogP) is 22.9. The molecular weight excluding hydrogens is 897 g/mol. The standard InChI is InChI=1S/2C17H22Si.2C9H12.9C2H6/c2*1-14-10-12-16(13-11-14)15(2)18(3,4)17-8-6-5-7-9-17;2*1-3-9-6-4-8(2)5-7-9;9*1-2/h2*5-13,15H,1-4H3;2*4-7H,3H2,1-2H3;9*1-2H3. The van der Waals surface area contributed by atoms with Crippen LogP contribution in [0.3, 0.4) is 0 Å². The quantitative estimate of drug-likeness (QED) is 0.133. The third kappa shape index (κ3) is 35.8. The Labute approximate surface area is 456 Å². The van der Waals surface area contributed by atoms with Crippen LogP contribution in [0, 0.1) is 27.7 Å². The molecule has 0 aliphatic rings. The summed E-state index contributed by atoms with van der Waals surface area (Å²) in [5.41, 5.74) is 12.4. The summed E-state index contributed by atoms with van der Waals surface area (Å²) in [6.07, 6.45) is 2.28. The van der Waals surface area contributed by atoms with E-state index in [2.05, 4.69) is 239 Å². The van der Waals surface area contributed by atoms with Crippen molar-refractivity contribution in [2.24, 2.45) is 0 Å². The van der Waals surface area contributed by atoms with Gasteiger partial charge in [-0.25, -0.2) is 0 Å². The molecule has 0 aliphatic carbocycles. The van der Waals surface area contributed by atoms with E-state index < -0.39 is 16.1 Å². The highest BCUT2D eigenvalue weighted by Gasteiger charge is 2.32. The van der Waals surface area contributed by atoms with Crippen molar-refractivity contribution in [1.82, 2.24) is 0 Å². The largest absolute Gasteiger partial charge is 0.0877 e. The monoisotopic (exact) mass is 1020 g/mol. The summed E-state index contributed by atoms with van der Waals surface area (Å²) in [6, 6.07) is 57.4. The first-order valence-corrected chi connectivity index (χ1v) is 35.2. The van der Waals surface area contributed by atoms with E-state index in [1.54, 1.807) is 0 Å². The fraction of sp³-hybridized carbons (Fsp3) is 0.486. The second-order valence-electron chi connectivity index (χ2n) is 16.1. The lowest BCUT2D eigenvalue weighted by molar-refractivity contribution is 1.02. The third-order valence-corrected chi connectivity index (χ3v) is 20.1. The van der Waals surface area contributed by atoms with Gasteiger partial charge in [-0.2, -0.15) is 0 Å². The summed E-state index contributed by atoms with van der Waals surface area (Å²) in [4.78, 5) is 0. The summed E-state index contributed by atoms with van der Waals surface area (Å²) >= 11 is 0. The number of rotatable bonds is 8. The van der Waals surface area contributed by atoms with Crippen molar-refractivity contribution in [2.45, 2.75) is 230 Å². The molecule has 410 valence electrons. The van der Waals surface area contributed by atoms with Crippen LogP contribution in [0.5, 0.6) is 0 Å². The van der Waals surface area contributed by atoms with Crippen molar-refractivity contribution in [3.8, 4) is 0 Å². The molecule has 2 atom stereocenters. The van der Waals surface area contributed by atoms with Gasteiger partial charge in [-0.15, -0.1) is 0 Å². The van der Waals surface area contributed by atoms with E-state index in [1.807, 2.05) is 125 Å². The van der Waals surface area contributed by atoms with Crippen molar-refractivity contribution in [3.05, 3.63) is 202 Å². The molecule has 2 heteroatoms. The lowest BCUT2D eigenvalue weighted by Gasteiger charge is -2.30. The molecule has 6 aromatic carbocycles. The van der Waals surface area contributed by atoms with E-state index in [-0.39, 0.29) is 0 Å². The average molecular weight is 1020 g/mol. The van der Waals surface area contributed by atoms with Gasteiger partial charge in [0.1, 0.15) is 0 Å². The van der Waals surface area contributed by atoms with Crippen LogP contribution in [-0.2, 0) is 12.8 Å². The minimum Gasteiger partial charge on any atom is -0.0683 e. The van der Waals surface area contributed by atoms with E-state index >= 15 is 0 Å². The molecule has 0 aromatic heterocycles. The van der Waals surface area contributed by atoms with Crippen LogP contribution < -0.4 is 10.4 Å². The smallest absolute Gasteiger partial charge is 0.0683 e. The number of aryl methyl sites for hydroxylation is 6. The maximum absolute atomic E-state index is 2.47. The molecule has 0 N–H and O–H groups in total. The summed E-state index contributed by atoms with van der Waals surface area (Å²) in [5, 5.41) is 3.08. The van der Waals surface area contributed by atoms with Crippen LogP contribution in [0.1, 0.15) is 208 Å². The molecule has 0 bridgehead atoms. The van der Waals surface area contributed by atoms with Gasteiger partial charge >= 0.3 is 0 Å². The first-order chi connectivity index (χ1) is 34.7. The van der Waals surface area contributed by atoms with Crippen LogP contribution in [0.4, 0.5) is 0 Å². The molecule has 72 heavy (non-hydrogen) atoms. The predicted molar refractivity (Wildman–Crippen MR) is 350 cm³/mol. The van der Waals surface area contributed by atoms with Gasteiger partial charge in [0.25, 0.3) is 0 Å². The normalized spacial score (nSPS) is 9.81. The Morgan fingerprint density at radius 3 is 0.639 bits per heavy atom. The highest BCUT2D eigenvalue weighted by atomic mass is 28.3. The van der Waals surface area contributed by atoms with Crippen LogP contribution in [0.25, 0.3) is 0 Å². The third-order valence-electron chi connectivity index (χ3n) is 11.4. The Morgan fingerprint density at radius 2 is 0.458 bits per heavy atom. The Bertz CT molecular complexity index is 1740. The second kappa shape index (κ2) is 56.1. The lowest BCUT2D eigenvalue weighted by Crippen LogP contribution is -2.46. The zero-order valence-corrected chi connectivity index (χ0v) is 55.6. The molecule has 0 saturated carbocycles. The van der Waals surface area contributed by atoms with Gasteiger partial charge in [-0.1, -0.05) is 369 Å². The maximum Gasteiger partial charge on any atom is 0.0877 e. The molecule has 0 saturated heterocycles. The summed E-state index contributed by atoms with van der Waals surface area (Å²) < 4.78 is 0. The van der Waals surface area contributed by atoms with Crippen molar-refractivity contribution in [2.75, 3.05) is 0 Å². The fourth-order valence-electron chi connectivity index (χ4n) is 6.43. The maximum atomic E-state index is 2.47. The molecule has 0 spiro atoms. The Hall–Kier alpha value is -4.25. The van der Waals surface area contributed by atoms with Crippen LogP contribution in [0.2, 0.25) is 26.2 Å². The van der Waals surface area contributed by atoms with Crippen LogP contribution in [0.15, 0.2) is 158 Å². The molecule has 0 fully saturated rings. The molecule has 0 heterocycles. The second-order valence-corrected chi connectivity index (χ2v) is 25.9. The molecule has 0 amide bonds. The molecule has 0 radical (unpaired) electrons. The van der Waals surface area contributed by atoms with E-state index in [4.69, 9.17) is 0 Å². The summed E-state index contributed by atoms with van der Waals surface area (Å²) in [6.45, 7) is 63.5. The van der Waals surface area contributed by atoms with Gasteiger partial charge in [0.15, 0.2) is 0 Å². The van der Waals surface area contributed by atoms with Crippen molar-refractivity contribution in [1.29, 1.82) is 0 Å². The van der Waals surface area contributed by atoms with Gasteiger partial charge in [0.2, 0.25) is 0 Å². The Morgan fingerprint density at radius 1 is 0.278 bits per heavy atom. The van der Waals surface area contributed by atoms with Gasteiger partial charge in [-0.05, 0) is 73.9 Å². The van der Waals surface area contributed by atoms with E-state index in [9.17, 15) is 0 Å². The van der Waals surface area contributed by atoms with Crippen LogP contribution >= 0.6 is 0 Å². The SMILES string of the molecule is CC.CC.CC.CC.CC.CC.CC.CC.CC.CCc1ccc(C)cc1.CCc1ccc(C)cc1.Cc1ccc(C(C)[Si](C)(C)c2ccccc2)cc1.Cc1ccc(C(C)[Si](C)(C)c2ccccc2)cc1. The first-order valence-electron chi connectivity index (χ1n) is 29.0. The van der Waals surface area contributed by atoms with E-state index in [0.717, 1.165) is 12.8 Å². The average Bonchev–Trinajstić information content (AvgIpc) is 3.47. The van der Waals surface area contributed by atoms with Gasteiger partial charge in [0.05, 0.1) is 16.1 Å². The minimum absolute atomic E-state index is 0.639. The number of benzene rings is 6. The van der Waals surface area contributed by atoms with E-state index in [0.29, 0.717) is 11.1 Å². The molecule has 0 nitrogen and oxygen atoms in total. The molecule has 6 aromatic rings. The molecule has 0 aliphatic heterocycles. The fourth-order valence-corrected chi connectivity index (χ4v) is 11.6. The molecule has 2 unspecified atom stereocenters. The zero-order valence-electron chi connectivity index (χ0n) is 53.6. The molecule has 6 rings (SSSR count). The lowest BCUT2D eigenvalue weighted by atomic mass is 10.1. The van der Waals surface area contributed by atoms with Gasteiger partial charge in [-0.3, -0.25) is 0 Å². The van der Waals surface area contributed by atoms with Crippen molar-refractivity contribution >= 4 is 26.5 Å². The molecular formula is C70H122Si2.